The molecule has 0 aliphatic carbocycles. The lowest BCUT2D eigenvalue weighted by Crippen LogP contribution is -2.30. The molecule has 4 N–H and O–H groups in total. The number of rotatable bonds is 2. The van der Waals surface area contributed by atoms with Gasteiger partial charge in [0.25, 0.3) is 0 Å². The van der Waals surface area contributed by atoms with Gasteiger partial charge in [0.15, 0.2) is 0 Å². The molecule has 0 unspecified atom stereocenters. The van der Waals surface area contributed by atoms with Crippen LogP contribution < -0.4 is 5.73 Å². The predicted molar refractivity (Wildman–Crippen MR) is 77.8 cm³/mol. The molecule has 19 heavy (non-hydrogen) atoms. The van der Waals surface area contributed by atoms with Gasteiger partial charge in [0.1, 0.15) is 5.82 Å². The van der Waals surface area contributed by atoms with Crippen LogP contribution in [0.1, 0.15) is 25.2 Å². The molecule has 0 fully saturated rings. The fourth-order valence-corrected chi connectivity index (χ4v) is 2.24. The highest BCUT2D eigenvalue weighted by Gasteiger charge is 2.18. The Hall–Kier alpha value is -2.07. The van der Waals surface area contributed by atoms with Crippen molar-refractivity contribution in [1.82, 2.24) is 15.0 Å². The van der Waals surface area contributed by atoms with E-state index in [4.69, 9.17) is 5.73 Å². The molecule has 4 nitrogen and oxygen atoms in total. The van der Waals surface area contributed by atoms with E-state index in [-0.39, 0.29) is 0 Å². The van der Waals surface area contributed by atoms with Gasteiger partial charge in [0.05, 0.1) is 23.1 Å². The molecule has 3 aromatic rings. The number of imidazole rings is 1. The normalized spacial score (nSPS) is 12.2. The van der Waals surface area contributed by atoms with E-state index in [0.29, 0.717) is 0 Å². The second-order valence-electron chi connectivity index (χ2n) is 5.59. The van der Waals surface area contributed by atoms with Crippen molar-refractivity contribution in [1.29, 1.82) is 0 Å². The van der Waals surface area contributed by atoms with E-state index < -0.39 is 5.54 Å². The summed E-state index contributed by atoms with van der Waals surface area (Å²) in [7, 11) is 0. The molecule has 1 aromatic carbocycles. The highest BCUT2D eigenvalue weighted by Crippen LogP contribution is 2.26. The van der Waals surface area contributed by atoms with Gasteiger partial charge in [-0.3, -0.25) is 0 Å². The number of para-hydroxylation sites is 1. The van der Waals surface area contributed by atoms with Gasteiger partial charge in [-0.05, 0) is 32.4 Å². The van der Waals surface area contributed by atoms with E-state index in [1.807, 2.05) is 20.0 Å². The Balaban J connectivity index is 2.09. The van der Waals surface area contributed by atoms with Crippen molar-refractivity contribution in [3.8, 4) is 11.4 Å². The second-order valence-corrected chi connectivity index (χ2v) is 5.59. The number of aromatic nitrogens is 3. The lowest BCUT2D eigenvalue weighted by Gasteiger charge is -2.14. The third kappa shape index (κ3) is 2.04. The lowest BCUT2D eigenvalue weighted by molar-refractivity contribution is 0.520. The van der Waals surface area contributed by atoms with Crippen LogP contribution in [0, 0.1) is 6.92 Å². The summed E-state index contributed by atoms with van der Waals surface area (Å²) in [5.41, 5.74) is 9.99. The molecule has 4 heteroatoms. The maximum absolute atomic E-state index is 6.04. The smallest absolute Gasteiger partial charge is 0.126 e. The van der Waals surface area contributed by atoms with E-state index in [1.54, 1.807) is 0 Å². The summed E-state index contributed by atoms with van der Waals surface area (Å²) < 4.78 is 0. The zero-order chi connectivity index (χ0) is 13.6. The van der Waals surface area contributed by atoms with Crippen molar-refractivity contribution < 1.29 is 0 Å². The maximum Gasteiger partial charge on any atom is 0.126 e. The Bertz CT molecular complexity index is 728. The van der Waals surface area contributed by atoms with Gasteiger partial charge in [-0.2, -0.15) is 0 Å². The van der Waals surface area contributed by atoms with Crippen molar-refractivity contribution in [3.63, 3.8) is 0 Å². The number of nitrogens with two attached hydrogens (primary N) is 1. The Morgan fingerprint density at radius 1 is 1.16 bits per heavy atom. The molecule has 0 saturated carbocycles. The Morgan fingerprint density at radius 2 is 1.95 bits per heavy atom. The first-order valence-corrected chi connectivity index (χ1v) is 6.38. The van der Waals surface area contributed by atoms with Gasteiger partial charge < -0.3 is 15.7 Å². The van der Waals surface area contributed by atoms with E-state index in [2.05, 4.69) is 46.1 Å². The summed E-state index contributed by atoms with van der Waals surface area (Å²) >= 11 is 0. The Kier molecular flexibility index (Phi) is 2.50. The minimum absolute atomic E-state index is 0.458. The second kappa shape index (κ2) is 3.96. The van der Waals surface area contributed by atoms with Crippen molar-refractivity contribution in [3.05, 3.63) is 41.9 Å². The number of aromatic amines is 2. The predicted octanol–water partition coefficient (Wildman–Crippen LogP) is 3.06. The summed E-state index contributed by atoms with van der Waals surface area (Å²) in [6.45, 7) is 5.97. The van der Waals surface area contributed by atoms with Crippen LogP contribution in [-0.4, -0.2) is 15.0 Å². The number of hydrogen-bond acceptors (Lipinski definition) is 2. The lowest BCUT2D eigenvalue weighted by atomic mass is 10.1. The molecule has 0 radical (unpaired) electrons. The zero-order valence-corrected chi connectivity index (χ0v) is 11.4. The van der Waals surface area contributed by atoms with Crippen molar-refractivity contribution in [2.45, 2.75) is 26.3 Å². The number of fused-ring (bicyclic) bond motifs is 1. The summed E-state index contributed by atoms with van der Waals surface area (Å²) in [5.74, 6) is 0.790. The summed E-state index contributed by atoms with van der Waals surface area (Å²) in [6, 6.07) is 8.40. The molecule has 0 bridgehead atoms. The average Bonchev–Trinajstić information content (AvgIpc) is 2.94. The monoisotopic (exact) mass is 254 g/mol. The van der Waals surface area contributed by atoms with Crippen LogP contribution in [0.15, 0.2) is 30.5 Å². The van der Waals surface area contributed by atoms with Gasteiger partial charge in [0, 0.05) is 10.9 Å². The van der Waals surface area contributed by atoms with Crippen LogP contribution in [0.5, 0.6) is 0 Å². The summed E-state index contributed by atoms with van der Waals surface area (Å²) in [5, 5.41) is 1.21. The van der Waals surface area contributed by atoms with Gasteiger partial charge in [-0.1, -0.05) is 18.2 Å². The molecule has 98 valence electrons. The van der Waals surface area contributed by atoms with Crippen LogP contribution in [-0.2, 0) is 5.54 Å². The molecule has 3 rings (SSSR count). The quantitative estimate of drug-likeness (QED) is 0.657. The van der Waals surface area contributed by atoms with E-state index in [9.17, 15) is 0 Å². The molecule has 0 aliphatic rings. The zero-order valence-electron chi connectivity index (χ0n) is 11.4. The molecule has 2 heterocycles. The van der Waals surface area contributed by atoms with Crippen molar-refractivity contribution in [2.75, 3.05) is 0 Å². The fraction of sp³-hybridized carbons (Fsp3) is 0.267. The highest BCUT2D eigenvalue weighted by atomic mass is 15.0. The third-order valence-electron chi connectivity index (χ3n) is 3.34. The van der Waals surface area contributed by atoms with E-state index in [1.165, 1.54) is 16.5 Å². The van der Waals surface area contributed by atoms with Crippen LogP contribution in [0.3, 0.4) is 0 Å². The largest absolute Gasteiger partial charge is 0.353 e. The van der Waals surface area contributed by atoms with E-state index in [0.717, 1.165) is 17.2 Å². The van der Waals surface area contributed by atoms with Gasteiger partial charge in [0.2, 0.25) is 0 Å². The Labute approximate surface area is 112 Å². The highest BCUT2D eigenvalue weighted by molar-refractivity contribution is 5.87. The minimum Gasteiger partial charge on any atom is -0.353 e. The standard InChI is InChI=1S/C15H18N4/c1-9-5-4-6-10-7-11(18-13(9)10)12-8-17-14(19-12)15(2,3)16/h4-8,18H,16H2,1-3H3,(H,17,19). The minimum atomic E-state index is -0.458. The van der Waals surface area contributed by atoms with Crippen molar-refractivity contribution in [2.24, 2.45) is 5.73 Å². The molecule has 0 spiro atoms. The molecule has 2 aromatic heterocycles. The number of benzene rings is 1. The van der Waals surface area contributed by atoms with Gasteiger partial charge in [-0.25, -0.2) is 4.98 Å². The first kappa shape index (κ1) is 12.0. The van der Waals surface area contributed by atoms with E-state index >= 15 is 0 Å². The SMILES string of the molecule is Cc1cccc2cc(-c3cnc(C(C)(C)N)[nH]3)[nH]c12. The molecule has 0 aliphatic heterocycles. The van der Waals surface area contributed by atoms with Gasteiger partial charge in [-0.15, -0.1) is 0 Å². The first-order chi connectivity index (χ1) is 8.95. The van der Waals surface area contributed by atoms with Crippen molar-refractivity contribution >= 4 is 10.9 Å². The maximum atomic E-state index is 6.04. The average molecular weight is 254 g/mol. The van der Waals surface area contributed by atoms with Crippen LogP contribution in [0.25, 0.3) is 22.3 Å². The molecule has 0 amide bonds. The number of nitrogens with zero attached hydrogens (tertiary/aromatic N) is 1. The summed E-state index contributed by atoms with van der Waals surface area (Å²) in [6.07, 6.45) is 1.82. The molecule has 0 atom stereocenters. The third-order valence-corrected chi connectivity index (χ3v) is 3.34. The Morgan fingerprint density at radius 3 is 2.58 bits per heavy atom. The molecular formula is C15H18N4. The van der Waals surface area contributed by atoms with Crippen LogP contribution >= 0.6 is 0 Å². The van der Waals surface area contributed by atoms with Gasteiger partial charge >= 0.3 is 0 Å². The number of H-pyrrole nitrogens is 2. The summed E-state index contributed by atoms with van der Waals surface area (Å²) in [4.78, 5) is 11.1. The number of hydrogen-bond donors (Lipinski definition) is 3. The first-order valence-electron chi connectivity index (χ1n) is 6.38. The molecular weight excluding hydrogens is 236 g/mol. The topological polar surface area (TPSA) is 70.5 Å². The van der Waals surface area contributed by atoms with Crippen LogP contribution in [0.2, 0.25) is 0 Å². The van der Waals surface area contributed by atoms with Crippen LogP contribution in [0.4, 0.5) is 0 Å². The fourth-order valence-electron chi connectivity index (χ4n) is 2.24. The number of nitrogens with one attached hydrogen (secondary N) is 2. The molecule has 0 saturated heterocycles. The number of aryl methyl sites for hydroxylation is 1.